The second kappa shape index (κ2) is 2.67. The number of hydrogen-bond acceptors (Lipinski definition) is 1. The summed E-state index contributed by atoms with van der Waals surface area (Å²) in [6.07, 6.45) is 2.59. The molecule has 2 rings (SSSR count). The summed E-state index contributed by atoms with van der Waals surface area (Å²) in [5, 5.41) is 0. The Morgan fingerprint density at radius 2 is 2.27 bits per heavy atom. The number of rotatable bonds is 2. The van der Waals surface area contributed by atoms with Crippen molar-refractivity contribution in [2.24, 2.45) is 11.7 Å². The summed E-state index contributed by atoms with van der Waals surface area (Å²) in [6.45, 7) is 0. The summed E-state index contributed by atoms with van der Waals surface area (Å²) >= 11 is 0. The van der Waals surface area contributed by atoms with E-state index < -0.39 is 0 Å². The van der Waals surface area contributed by atoms with Gasteiger partial charge in [-0.1, -0.05) is 24.3 Å². The molecule has 0 spiro atoms. The SMILES string of the molecule is NC(c1[c]cccc1)C1CC1. The average Bonchev–Trinajstić information content (AvgIpc) is 2.87. The van der Waals surface area contributed by atoms with Crippen molar-refractivity contribution in [1.82, 2.24) is 0 Å². The van der Waals surface area contributed by atoms with E-state index in [1.165, 1.54) is 12.8 Å². The zero-order valence-electron chi connectivity index (χ0n) is 6.46. The van der Waals surface area contributed by atoms with Gasteiger partial charge in [0.05, 0.1) is 0 Å². The van der Waals surface area contributed by atoms with Crippen molar-refractivity contribution in [2.75, 3.05) is 0 Å². The first-order valence-electron chi connectivity index (χ1n) is 4.10. The summed E-state index contributed by atoms with van der Waals surface area (Å²) in [5.41, 5.74) is 7.13. The minimum atomic E-state index is 0.233. The predicted octanol–water partition coefficient (Wildman–Crippen LogP) is 1.90. The number of nitrogens with two attached hydrogens (primary N) is 1. The van der Waals surface area contributed by atoms with Crippen molar-refractivity contribution in [3.8, 4) is 0 Å². The molecule has 1 radical (unpaired) electrons. The lowest BCUT2D eigenvalue weighted by Crippen LogP contribution is -2.11. The molecule has 1 fully saturated rings. The molecule has 0 heterocycles. The minimum absolute atomic E-state index is 0.233. The van der Waals surface area contributed by atoms with Crippen molar-refractivity contribution in [3.05, 3.63) is 35.9 Å². The van der Waals surface area contributed by atoms with E-state index >= 15 is 0 Å². The maximum absolute atomic E-state index is 5.97. The van der Waals surface area contributed by atoms with Gasteiger partial charge in [0.1, 0.15) is 0 Å². The quantitative estimate of drug-likeness (QED) is 0.677. The lowest BCUT2D eigenvalue weighted by atomic mass is 10.0. The summed E-state index contributed by atoms with van der Waals surface area (Å²) in [5.74, 6) is 0.730. The Hall–Kier alpha value is -0.820. The van der Waals surface area contributed by atoms with Crippen LogP contribution in [0.15, 0.2) is 24.3 Å². The van der Waals surface area contributed by atoms with Crippen LogP contribution < -0.4 is 5.73 Å². The van der Waals surface area contributed by atoms with Gasteiger partial charge in [0.15, 0.2) is 0 Å². The third kappa shape index (κ3) is 1.43. The standard InChI is InChI=1S/C10H12N/c11-10(9-6-7-9)8-4-2-1-3-5-8/h1-4,9-10H,6-7,11H2. The van der Waals surface area contributed by atoms with Crippen LogP contribution in [-0.2, 0) is 0 Å². The Labute approximate surface area is 67.2 Å². The number of hydrogen-bond donors (Lipinski definition) is 1. The Bertz CT molecular complexity index is 226. The molecule has 1 atom stereocenters. The summed E-state index contributed by atoms with van der Waals surface area (Å²) in [4.78, 5) is 0. The van der Waals surface area contributed by atoms with Crippen LogP contribution in [0.3, 0.4) is 0 Å². The van der Waals surface area contributed by atoms with Crippen molar-refractivity contribution in [2.45, 2.75) is 18.9 Å². The largest absolute Gasteiger partial charge is 0.324 e. The fourth-order valence-electron chi connectivity index (χ4n) is 1.32. The molecule has 0 amide bonds. The van der Waals surface area contributed by atoms with Gasteiger partial charge in [0.25, 0.3) is 0 Å². The van der Waals surface area contributed by atoms with Crippen molar-refractivity contribution >= 4 is 0 Å². The molecular formula is C10H12N. The lowest BCUT2D eigenvalue weighted by molar-refractivity contribution is 0.632. The van der Waals surface area contributed by atoms with Crippen molar-refractivity contribution < 1.29 is 0 Å². The molecule has 1 aromatic carbocycles. The molecule has 1 saturated carbocycles. The molecule has 1 heteroatoms. The minimum Gasteiger partial charge on any atom is -0.324 e. The van der Waals surface area contributed by atoms with Crippen LogP contribution >= 0.6 is 0 Å². The normalized spacial score (nSPS) is 19.7. The van der Waals surface area contributed by atoms with Gasteiger partial charge in [-0.15, -0.1) is 0 Å². The second-order valence-corrected chi connectivity index (χ2v) is 3.18. The van der Waals surface area contributed by atoms with E-state index in [-0.39, 0.29) is 6.04 Å². The molecule has 1 aliphatic carbocycles. The summed E-state index contributed by atoms with van der Waals surface area (Å²) in [6, 6.07) is 11.4. The van der Waals surface area contributed by atoms with Crippen LogP contribution in [0.25, 0.3) is 0 Å². The third-order valence-electron chi connectivity index (χ3n) is 2.22. The highest BCUT2D eigenvalue weighted by Crippen LogP contribution is 2.38. The van der Waals surface area contributed by atoms with E-state index in [1.807, 2.05) is 18.2 Å². The van der Waals surface area contributed by atoms with E-state index in [0.29, 0.717) is 0 Å². The van der Waals surface area contributed by atoms with Crippen molar-refractivity contribution in [1.29, 1.82) is 0 Å². The predicted molar refractivity (Wildman–Crippen MR) is 44.9 cm³/mol. The third-order valence-corrected chi connectivity index (χ3v) is 2.22. The molecule has 1 nitrogen and oxygen atoms in total. The fourth-order valence-corrected chi connectivity index (χ4v) is 1.32. The summed E-state index contributed by atoms with van der Waals surface area (Å²) < 4.78 is 0. The Kier molecular flexibility index (Phi) is 1.66. The molecule has 0 aliphatic heterocycles. The highest BCUT2D eigenvalue weighted by molar-refractivity contribution is 5.18. The van der Waals surface area contributed by atoms with Crippen LogP contribution in [0.2, 0.25) is 0 Å². The lowest BCUT2D eigenvalue weighted by Gasteiger charge is -2.08. The highest BCUT2D eigenvalue weighted by Gasteiger charge is 2.29. The second-order valence-electron chi connectivity index (χ2n) is 3.18. The molecule has 57 valence electrons. The maximum Gasteiger partial charge on any atom is 0.0329 e. The monoisotopic (exact) mass is 146 g/mol. The molecule has 1 unspecified atom stereocenters. The topological polar surface area (TPSA) is 26.0 Å². The molecule has 11 heavy (non-hydrogen) atoms. The molecule has 1 aromatic rings. The van der Waals surface area contributed by atoms with Gasteiger partial charge in [0, 0.05) is 6.04 Å². The van der Waals surface area contributed by atoms with Gasteiger partial charge >= 0.3 is 0 Å². The van der Waals surface area contributed by atoms with Gasteiger partial charge in [-0.3, -0.25) is 0 Å². The van der Waals surface area contributed by atoms with Crippen LogP contribution in [-0.4, -0.2) is 0 Å². The Morgan fingerprint density at radius 3 is 2.82 bits per heavy atom. The highest BCUT2D eigenvalue weighted by atomic mass is 14.7. The number of benzene rings is 1. The van der Waals surface area contributed by atoms with Gasteiger partial charge in [-0.2, -0.15) is 0 Å². The Balaban J connectivity index is 2.15. The first-order chi connectivity index (χ1) is 5.38. The maximum atomic E-state index is 5.97. The van der Waals surface area contributed by atoms with Crippen molar-refractivity contribution in [3.63, 3.8) is 0 Å². The van der Waals surface area contributed by atoms with Gasteiger partial charge in [-0.05, 0) is 30.4 Å². The zero-order valence-corrected chi connectivity index (χ0v) is 6.46. The molecule has 2 N–H and O–H groups in total. The van der Waals surface area contributed by atoms with E-state index in [2.05, 4.69) is 12.1 Å². The van der Waals surface area contributed by atoms with Crippen LogP contribution in [0.1, 0.15) is 24.4 Å². The van der Waals surface area contributed by atoms with Gasteiger partial charge in [-0.25, -0.2) is 0 Å². The summed E-state index contributed by atoms with van der Waals surface area (Å²) in [7, 11) is 0. The van der Waals surface area contributed by atoms with E-state index in [4.69, 9.17) is 5.73 Å². The molecular weight excluding hydrogens is 134 g/mol. The molecule has 0 bridgehead atoms. The first-order valence-corrected chi connectivity index (χ1v) is 4.10. The van der Waals surface area contributed by atoms with Crippen LogP contribution in [0.5, 0.6) is 0 Å². The Morgan fingerprint density at radius 1 is 1.45 bits per heavy atom. The van der Waals surface area contributed by atoms with E-state index in [0.717, 1.165) is 11.5 Å². The smallest absolute Gasteiger partial charge is 0.0329 e. The molecule has 1 aliphatic rings. The molecule has 0 saturated heterocycles. The zero-order chi connectivity index (χ0) is 7.68. The van der Waals surface area contributed by atoms with Gasteiger partial charge in [0.2, 0.25) is 0 Å². The molecule has 0 aromatic heterocycles. The van der Waals surface area contributed by atoms with Crippen LogP contribution in [0.4, 0.5) is 0 Å². The first kappa shape index (κ1) is 6.86. The van der Waals surface area contributed by atoms with E-state index in [9.17, 15) is 0 Å². The van der Waals surface area contributed by atoms with Gasteiger partial charge < -0.3 is 5.73 Å². The average molecular weight is 146 g/mol. The fraction of sp³-hybridized carbons (Fsp3) is 0.400. The van der Waals surface area contributed by atoms with E-state index in [1.54, 1.807) is 0 Å². The van der Waals surface area contributed by atoms with Crippen LogP contribution in [0, 0.1) is 12.0 Å².